The third-order valence-electron chi connectivity index (χ3n) is 9.11. The minimum Gasteiger partial charge on any atom is -0.456 e. The molecule has 1 heterocycles. The molecule has 0 aliphatic heterocycles. The van der Waals surface area contributed by atoms with Crippen LogP contribution in [0.5, 0.6) is 0 Å². The van der Waals surface area contributed by atoms with Gasteiger partial charge in [-0.1, -0.05) is 149 Å². The second-order valence-electron chi connectivity index (χ2n) is 11.7. The van der Waals surface area contributed by atoms with E-state index in [2.05, 4.69) is 141 Å². The van der Waals surface area contributed by atoms with Crippen molar-refractivity contribution in [3.63, 3.8) is 0 Å². The SMILES string of the molecule is Cc1ccc2ccccc2c1B(C1=CCC=CC(c2ccc3oc4ccccc4c3c2)=C1)c1c(C)ccc2ccccc12. The quantitative estimate of drug-likeness (QED) is 0.199. The van der Waals surface area contributed by atoms with Crippen LogP contribution in [-0.4, -0.2) is 6.71 Å². The van der Waals surface area contributed by atoms with Gasteiger partial charge in [0.2, 0.25) is 6.71 Å². The van der Waals surface area contributed by atoms with Crippen molar-refractivity contribution >= 4 is 66.7 Å². The molecule has 204 valence electrons. The van der Waals surface area contributed by atoms with Crippen LogP contribution in [0, 0.1) is 13.8 Å². The topological polar surface area (TPSA) is 13.1 Å². The van der Waals surface area contributed by atoms with E-state index in [0.717, 1.165) is 28.4 Å². The Bertz CT molecular complexity index is 2210. The van der Waals surface area contributed by atoms with Crippen molar-refractivity contribution in [3.8, 4) is 0 Å². The zero-order valence-electron chi connectivity index (χ0n) is 24.5. The Morgan fingerprint density at radius 2 is 1.19 bits per heavy atom. The van der Waals surface area contributed by atoms with Gasteiger partial charge in [-0.15, -0.1) is 0 Å². The lowest BCUT2D eigenvalue weighted by atomic mass is 9.33. The second kappa shape index (κ2) is 10.3. The van der Waals surface area contributed by atoms with E-state index in [1.165, 1.54) is 60.2 Å². The third-order valence-corrected chi connectivity index (χ3v) is 9.11. The highest BCUT2D eigenvalue weighted by molar-refractivity contribution is 6.95. The highest BCUT2D eigenvalue weighted by Gasteiger charge is 2.30. The molecule has 43 heavy (non-hydrogen) atoms. The summed E-state index contributed by atoms with van der Waals surface area (Å²) in [5.74, 6) is 0. The van der Waals surface area contributed by atoms with Crippen molar-refractivity contribution in [2.24, 2.45) is 0 Å². The summed E-state index contributed by atoms with van der Waals surface area (Å²) in [7, 11) is 0. The summed E-state index contributed by atoms with van der Waals surface area (Å²) in [5, 5.41) is 7.51. The van der Waals surface area contributed by atoms with Gasteiger partial charge < -0.3 is 4.42 Å². The summed E-state index contributed by atoms with van der Waals surface area (Å²) < 4.78 is 6.15. The lowest BCUT2D eigenvalue weighted by Gasteiger charge is -2.24. The Balaban J connectivity index is 1.39. The van der Waals surface area contributed by atoms with Crippen LogP contribution in [-0.2, 0) is 0 Å². The molecule has 0 fully saturated rings. The molecule has 0 radical (unpaired) electrons. The van der Waals surface area contributed by atoms with Gasteiger partial charge in [0.05, 0.1) is 0 Å². The molecule has 0 N–H and O–H groups in total. The molecule has 1 aliphatic rings. The zero-order valence-corrected chi connectivity index (χ0v) is 24.5. The number of allylic oxidation sites excluding steroid dienone is 6. The van der Waals surface area contributed by atoms with Crippen molar-refractivity contribution in [2.45, 2.75) is 20.3 Å². The minimum atomic E-state index is 0.0746. The number of hydrogen-bond acceptors (Lipinski definition) is 1. The summed E-state index contributed by atoms with van der Waals surface area (Å²) in [5.41, 5.74) is 11.0. The first-order chi connectivity index (χ1) is 21.2. The lowest BCUT2D eigenvalue weighted by Crippen LogP contribution is -2.47. The molecule has 0 unspecified atom stereocenters. The monoisotopic (exact) mass is 550 g/mol. The van der Waals surface area contributed by atoms with Crippen LogP contribution >= 0.6 is 0 Å². The molecule has 1 nitrogen and oxygen atoms in total. The normalized spacial score (nSPS) is 13.4. The number of rotatable bonds is 4. The largest absolute Gasteiger partial charge is 0.456 e. The Kier molecular flexibility index (Phi) is 6.15. The van der Waals surface area contributed by atoms with E-state index in [0.29, 0.717) is 0 Å². The number of fused-ring (bicyclic) bond motifs is 5. The van der Waals surface area contributed by atoms with Crippen molar-refractivity contribution in [1.29, 1.82) is 0 Å². The van der Waals surface area contributed by atoms with Crippen LogP contribution in [0.15, 0.2) is 149 Å². The molecule has 1 aromatic heterocycles. The van der Waals surface area contributed by atoms with Gasteiger partial charge >= 0.3 is 0 Å². The molecule has 8 rings (SSSR count). The van der Waals surface area contributed by atoms with Crippen molar-refractivity contribution in [3.05, 3.63) is 162 Å². The Morgan fingerprint density at radius 3 is 1.88 bits per heavy atom. The van der Waals surface area contributed by atoms with Gasteiger partial charge in [-0.3, -0.25) is 0 Å². The highest BCUT2D eigenvalue weighted by atomic mass is 16.3. The van der Waals surface area contributed by atoms with Gasteiger partial charge in [0.1, 0.15) is 11.2 Å². The van der Waals surface area contributed by atoms with Crippen molar-refractivity contribution in [1.82, 2.24) is 0 Å². The number of furan rings is 1. The molecule has 6 aromatic carbocycles. The first-order valence-corrected chi connectivity index (χ1v) is 15.1. The standard InChI is InChI=1S/C41H31BO/c1-27-19-21-29-11-4-7-15-34(29)40(27)42(41-28(2)20-22-30-12-5-8-16-35(30)41)33-14-6-3-13-31(25-33)32-23-24-39-37(26-32)36-17-9-10-18-38(36)43-39/h3-5,7-26H,6H2,1-2H3. The fourth-order valence-electron chi connectivity index (χ4n) is 7.03. The van der Waals surface area contributed by atoms with Crippen LogP contribution in [0.3, 0.4) is 0 Å². The molecule has 7 aromatic rings. The van der Waals surface area contributed by atoms with E-state index in [1.807, 2.05) is 12.1 Å². The highest BCUT2D eigenvalue weighted by Crippen LogP contribution is 2.33. The van der Waals surface area contributed by atoms with Gasteiger partial charge in [0.15, 0.2) is 0 Å². The van der Waals surface area contributed by atoms with E-state index in [1.54, 1.807) is 0 Å². The average Bonchev–Trinajstić information content (AvgIpc) is 3.23. The van der Waals surface area contributed by atoms with E-state index < -0.39 is 0 Å². The predicted octanol–water partition coefficient (Wildman–Crippen LogP) is 9.63. The fourth-order valence-corrected chi connectivity index (χ4v) is 7.03. The summed E-state index contributed by atoms with van der Waals surface area (Å²) >= 11 is 0. The molecule has 0 bridgehead atoms. The smallest absolute Gasteiger partial charge is 0.243 e. The van der Waals surface area contributed by atoms with Gasteiger partial charge in [-0.2, -0.15) is 0 Å². The maximum Gasteiger partial charge on any atom is 0.243 e. The molecule has 0 atom stereocenters. The van der Waals surface area contributed by atoms with Crippen molar-refractivity contribution < 1.29 is 4.42 Å². The van der Waals surface area contributed by atoms with Crippen molar-refractivity contribution in [2.75, 3.05) is 0 Å². The summed E-state index contributed by atoms with van der Waals surface area (Å²) in [4.78, 5) is 0. The Hall–Kier alpha value is -5.08. The third kappa shape index (κ3) is 4.34. The summed E-state index contributed by atoms with van der Waals surface area (Å²) in [6.45, 7) is 4.62. The molecule has 0 amide bonds. The summed E-state index contributed by atoms with van der Waals surface area (Å²) in [6, 6.07) is 41.7. The molecule has 2 heteroatoms. The average molecular weight is 551 g/mol. The molecular weight excluding hydrogens is 519 g/mol. The maximum atomic E-state index is 6.15. The number of benzene rings is 6. The van der Waals surface area contributed by atoms with Gasteiger partial charge in [-0.05, 0) is 71.1 Å². The van der Waals surface area contributed by atoms with Crippen LogP contribution in [0.1, 0.15) is 23.1 Å². The van der Waals surface area contributed by atoms with E-state index in [-0.39, 0.29) is 6.71 Å². The van der Waals surface area contributed by atoms with E-state index >= 15 is 0 Å². The van der Waals surface area contributed by atoms with Gasteiger partial charge in [0.25, 0.3) is 0 Å². The fraction of sp³-hybridized carbons (Fsp3) is 0.0732. The van der Waals surface area contributed by atoms with Crippen LogP contribution in [0.25, 0.3) is 49.1 Å². The number of para-hydroxylation sites is 1. The van der Waals surface area contributed by atoms with Crippen LogP contribution < -0.4 is 10.9 Å². The number of aryl methyl sites for hydroxylation is 2. The number of hydrogen-bond donors (Lipinski definition) is 0. The Labute approximate surface area is 252 Å². The maximum absolute atomic E-state index is 6.15. The first kappa shape index (κ1) is 25.6. The Morgan fingerprint density at radius 1 is 0.581 bits per heavy atom. The molecule has 1 aliphatic carbocycles. The first-order valence-electron chi connectivity index (χ1n) is 15.1. The molecule has 0 saturated heterocycles. The lowest BCUT2D eigenvalue weighted by molar-refractivity contribution is 0.669. The second-order valence-corrected chi connectivity index (χ2v) is 11.7. The zero-order chi connectivity index (χ0) is 28.9. The predicted molar refractivity (Wildman–Crippen MR) is 186 cm³/mol. The minimum absolute atomic E-state index is 0.0746. The van der Waals surface area contributed by atoms with E-state index in [4.69, 9.17) is 4.42 Å². The molecule has 0 spiro atoms. The van der Waals surface area contributed by atoms with Gasteiger partial charge in [-0.25, -0.2) is 0 Å². The molecular formula is C41H31BO. The van der Waals surface area contributed by atoms with Crippen LogP contribution in [0.4, 0.5) is 0 Å². The van der Waals surface area contributed by atoms with Gasteiger partial charge in [0, 0.05) is 10.8 Å². The van der Waals surface area contributed by atoms with E-state index in [9.17, 15) is 0 Å². The van der Waals surface area contributed by atoms with Crippen LogP contribution in [0.2, 0.25) is 0 Å². The molecule has 0 saturated carbocycles. The summed E-state index contributed by atoms with van der Waals surface area (Å²) in [6.07, 6.45) is 10.3.